The van der Waals surface area contributed by atoms with Gasteiger partial charge in [-0.2, -0.15) is 24.9 Å². The van der Waals surface area contributed by atoms with E-state index in [1.807, 2.05) is 5.43 Å². The molecule has 9 heteroatoms. The van der Waals surface area contributed by atoms with E-state index in [4.69, 9.17) is 0 Å². The number of carbonyl (C=O) groups is 1. The molecule has 1 N–H and O–H groups in total. The molecule has 0 saturated heterocycles. The van der Waals surface area contributed by atoms with Crippen molar-refractivity contribution in [3.8, 4) is 0 Å². The van der Waals surface area contributed by atoms with Gasteiger partial charge in [0.25, 0.3) is 5.56 Å². The lowest BCUT2D eigenvalue weighted by atomic mass is 10.1. The van der Waals surface area contributed by atoms with E-state index in [9.17, 15) is 22.8 Å². The highest BCUT2D eigenvalue weighted by Crippen LogP contribution is 2.31. The van der Waals surface area contributed by atoms with Gasteiger partial charge in [0.1, 0.15) is 0 Å². The largest absolute Gasteiger partial charge is 0.435 e. The topological polar surface area (TPSA) is 64.0 Å². The predicted octanol–water partition coefficient (Wildman–Crippen LogP) is 1.85. The molecule has 0 saturated carbocycles. The molecule has 1 aromatic heterocycles. The molecule has 0 radical (unpaired) electrons. The third-order valence-electron chi connectivity index (χ3n) is 2.58. The lowest BCUT2D eigenvalue weighted by molar-refractivity contribution is -0.141. The van der Waals surface area contributed by atoms with E-state index < -0.39 is 23.3 Å². The SMILES string of the molecule is CSCC(=O)Nn1nc(C(F)(F)F)c2ccccc2c1=O. The number of nitrogens with zero attached hydrogens (tertiary/aromatic N) is 2. The van der Waals surface area contributed by atoms with Gasteiger partial charge in [-0.3, -0.25) is 9.59 Å². The van der Waals surface area contributed by atoms with Crippen molar-refractivity contribution in [1.29, 1.82) is 0 Å². The van der Waals surface area contributed by atoms with Gasteiger partial charge in [0, 0.05) is 5.39 Å². The monoisotopic (exact) mass is 317 g/mol. The summed E-state index contributed by atoms with van der Waals surface area (Å²) in [5, 5.41) is 2.77. The Morgan fingerprint density at radius 1 is 1.33 bits per heavy atom. The minimum absolute atomic E-state index is 0.00228. The lowest BCUT2D eigenvalue weighted by Crippen LogP contribution is -2.37. The number of amides is 1. The zero-order chi connectivity index (χ0) is 15.6. The highest BCUT2D eigenvalue weighted by molar-refractivity contribution is 7.99. The minimum atomic E-state index is -4.74. The fourth-order valence-electron chi connectivity index (χ4n) is 1.76. The van der Waals surface area contributed by atoms with E-state index in [-0.39, 0.29) is 16.5 Å². The fraction of sp³-hybridized carbons (Fsp3) is 0.250. The predicted molar refractivity (Wildman–Crippen MR) is 73.8 cm³/mol. The van der Waals surface area contributed by atoms with Gasteiger partial charge in [-0.15, -0.1) is 9.89 Å². The molecule has 0 aliphatic rings. The van der Waals surface area contributed by atoms with E-state index in [0.717, 1.165) is 0 Å². The molecule has 0 fully saturated rings. The first-order valence-electron chi connectivity index (χ1n) is 5.72. The van der Waals surface area contributed by atoms with Crippen molar-refractivity contribution >= 4 is 28.4 Å². The minimum Gasteiger partial charge on any atom is -0.272 e. The average molecular weight is 317 g/mol. The second kappa shape index (κ2) is 5.76. The number of halogens is 3. The molecule has 0 aliphatic carbocycles. The first kappa shape index (κ1) is 15.4. The molecule has 1 amide bonds. The number of hydrogen-bond donors (Lipinski definition) is 1. The van der Waals surface area contributed by atoms with Gasteiger partial charge in [-0.1, -0.05) is 18.2 Å². The van der Waals surface area contributed by atoms with Gasteiger partial charge in [0.15, 0.2) is 5.69 Å². The maximum atomic E-state index is 13.0. The number of alkyl halides is 3. The Morgan fingerprint density at radius 2 is 1.95 bits per heavy atom. The Bertz CT molecular complexity index is 743. The van der Waals surface area contributed by atoms with Crippen molar-refractivity contribution < 1.29 is 18.0 Å². The molecule has 5 nitrogen and oxygen atoms in total. The van der Waals surface area contributed by atoms with Crippen molar-refractivity contribution in [2.75, 3.05) is 17.4 Å². The molecule has 0 spiro atoms. The molecule has 0 atom stereocenters. The Balaban J connectivity index is 2.65. The Morgan fingerprint density at radius 3 is 2.52 bits per heavy atom. The van der Waals surface area contributed by atoms with Crippen LogP contribution < -0.4 is 11.0 Å². The summed E-state index contributed by atoms with van der Waals surface area (Å²) in [6, 6.07) is 5.25. The van der Waals surface area contributed by atoms with Crippen LogP contribution in [0.2, 0.25) is 0 Å². The van der Waals surface area contributed by atoms with E-state index in [2.05, 4.69) is 5.10 Å². The Labute approximate surface area is 121 Å². The maximum Gasteiger partial charge on any atom is 0.435 e. The number of carbonyl (C=O) groups excluding carboxylic acids is 1. The van der Waals surface area contributed by atoms with Crippen LogP contribution in [0.5, 0.6) is 0 Å². The molecule has 0 aliphatic heterocycles. The van der Waals surface area contributed by atoms with Crippen LogP contribution in [-0.4, -0.2) is 27.8 Å². The summed E-state index contributed by atoms with van der Waals surface area (Å²) in [4.78, 5) is 23.8. The van der Waals surface area contributed by atoms with Crippen LogP contribution in [0.15, 0.2) is 29.1 Å². The van der Waals surface area contributed by atoms with Crippen LogP contribution in [0.4, 0.5) is 13.2 Å². The molecule has 0 unspecified atom stereocenters. The number of hydrogen-bond acceptors (Lipinski definition) is 4. The molecule has 1 aromatic carbocycles. The summed E-state index contributed by atoms with van der Waals surface area (Å²) in [6.07, 6.45) is -3.09. The number of aromatic nitrogens is 2. The molecule has 21 heavy (non-hydrogen) atoms. The highest BCUT2D eigenvalue weighted by Gasteiger charge is 2.36. The van der Waals surface area contributed by atoms with Crippen LogP contribution in [0.3, 0.4) is 0 Å². The van der Waals surface area contributed by atoms with E-state index >= 15 is 0 Å². The standard InChI is InChI=1S/C12H10F3N3O2S/c1-21-6-9(19)16-18-11(20)8-5-3-2-4-7(8)10(17-18)12(13,14)15/h2-5H,6H2,1H3,(H,16,19). The maximum absolute atomic E-state index is 13.0. The summed E-state index contributed by atoms with van der Waals surface area (Å²) in [5.41, 5.74) is 0.0168. The van der Waals surface area contributed by atoms with E-state index in [0.29, 0.717) is 4.79 Å². The number of nitrogens with one attached hydrogen (secondary N) is 1. The molecule has 112 valence electrons. The molecular formula is C12H10F3N3O2S. The van der Waals surface area contributed by atoms with Crippen LogP contribution in [0.25, 0.3) is 10.8 Å². The van der Waals surface area contributed by atoms with Crippen LogP contribution in [-0.2, 0) is 11.0 Å². The zero-order valence-electron chi connectivity index (χ0n) is 10.8. The quantitative estimate of drug-likeness (QED) is 0.938. The lowest BCUT2D eigenvalue weighted by Gasteiger charge is -2.13. The van der Waals surface area contributed by atoms with Gasteiger partial charge < -0.3 is 0 Å². The normalized spacial score (nSPS) is 11.6. The van der Waals surface area contributed by atoms with Crippen molar-refractivity contribution in [3.05, 3.63) is 40.3 Å². The second-order valence-electron chi connectivity index (χ2n) is 4.08. The first-order valence-corrected chi connectivity index (χ1v) is 7.12. The Kier molecular flexibility index (Phi) is 4.21. The average Bonchev–Trinajstić information content (AvgIpc) is 2.41. The first-order chi connectivity index (χ1) is 9.84. The van der Waals surface area contributed by atoms with Gasteiger partial charge in [0.2, 0.25) is 5.91 Å². The number of thioether (sulfide) groups is 1. The summed E-state index contributed by atoms with van der Waals surface area (Å²) < 4.78 is 39.1. The van der Waals surface area contributed by atoms with Crippen molar-refractivity contribution in [3.63, 3.8) is 0 Å². The number of benzene rings is 1. The smallest absolute Gasteiger partial charge is 0.272 e. The second-order valence-corrected chi connectivity index (χ2v) is 4.94. The Hall–Kier alpha value is -2.03. The number of fused-ring (bicyclic) bond motifs is 1. The van der Waals surface area contributed by atoms with Crippen LogP contribution >= 0.6 is 11.8 Å². The van der Waals surface area contributed by atoms with Crippen LogP contribution in [0, 0.1) is 0 Å². The molecule has 2 rings (SSSR count). The van der Waals surface area contributed by atoms with Gasteiger partial charge in [0.05, 0.1) is 11.1 Å². The van der Waals surface area contributed by atoms with Gasteiger partial charge >= 0.3 is 6.18 Å². The van der Waals surface area contributed by atoms with E-state index in [1.165, 1.54) is 36.0 Å². The summed E-state index contributed by atoms with van der Waals surface area (Å²) >= 11 is 1.17. The van der Waals surface area contributed by atoms with Gasteiger partial charge in [-0.25, -0.2) is 5.43 Å². The van der Waals surface area contributed by atoms with Gasteiger partial charge in [-0.05, 0) is 12.3 Å². The highest BCUT2D eigenvalue weighted by atomic mass is 32.2. The molecule has 0 bridgehead atoms. The van der Waals surface area contributed by atoms with Crippen LogP contribution in [0.1, 0.15) is 5.69 Å². The number of rotatable bonds is 3. The summed E-state index contributed by atoms with van der Waals surface area (Å²) in [6.45, 7) is 0. The summed E-state index contributed by atoms with van der Waals surface area (Å²) in [7, 11) is 0. The van der Waals surface area contributed by atoms with Crippen molar-refractivity contribution in [2.24, 2.45) is 0 Å². The molecule has 2 aromatic rings. The van der Waals surface area contributed by atoms with E-state index in [1.54, 1.807) is 6.26 Å². The third-order valence-corrected chi connectivity index (χ3v) is 3.13. The summed E-state index contributed by atoms with van der Waals surface area (Å²) in [5.74, 6) is -0.608. The van der Waals surface area contributed by atoms with Crippen molar-refractivity contribution in [2.45, 2.75) is 6.18 Å². The zero-order valence-corrected chi connectivity index (χ0v) is 11.6. The molecular weight excluding hydrogens is 307 g/mol. The third kappa shape index (κ3) is 3.18. The van der Waals surface area contributed by atoms with Crippen molar-refractivity contribution in [1.82, 2.24) is 9.89 Å². The fourth-order valence-corrected chi connectivity index (χ4v) is 2.08. The molecule has 1 heterocycles.